The van der Waals surface area contributed by atoms with E-state index in [0.29, 0.717) is 0 Å². The van der Waals surface area contributed by atoms with Crippen LogP contribution in [0.4, 0.5) is 22.7 Å². The third-order valence-electron chi connectivity index (χ3n) is 13.8. The Hall–Kier alpha value is -8.67. The highest BCUT2D eigenvalue weighted by molar-refractivity contribution is 6.17. The molecule has 0 bridgehead atoms. The van der Waals surface area contributed by atoms with Crippen LogP contribution in [-0.4, -0.2) is 18.1 Å². The lowest BCUT2D eigenvalue weighted by Gasteiger charge is -2.40. The van der Waals surface area contributed by atoms with Crippen molar-refractivity contribution in [1.82, 2.24) is 4.98 Å². The van der Waals surface area contributed by atoms with Gasteiger partial charge in [-0.2, -0.15) is 0 Å². The molecule has 0 fully saturated rings. The molecule has 0 saturated heterocycles. The number of anilines is 4. The van der Waals surface area contributed by atoms with E-state index in [2.05, 4.69) is 204 Å². The molecule has 310 valence electrons. The SMILES string of the molecule is c1ccc(N2CCN(c3ccccc3)c3cc4c(cc32)-c2cccc(-c3cccc5c3oc3ccccc35)c2-c2c(cccc2-c2cccc3c2oc2ccccc23)-c2cccnc2-4)cc1. The molecule has 3 aromatic heterocycles. The van der Waals surface area contributed by atoms with Crippen LogP contribution in [0.2, 0.25) is 0 Å². The number of benzene rings is 9. The maximum atomic E-state index is 6.86. The van der Waals surface area contributed by atoms with E-state index < -0.39 is 0 Å². The number of pyridine rings is 1. The second-order valence-corrected chi connectivity index (χ2v) is 17.3. The lowest BCUT2D eigenvalue weighted by molar-refractivity contribution is 0.669. The fourth-order valence-electron chi connectivity index (χ4n) is 10.9. The quantitative estimate of drug-likeness (QED) is 0.177. The van der Waals surface area contributed by atoms with Gasteiger partial charge in [-0.05, 0) is 93.5 Å². The van der Waals surface area contributed by atoms with E-state index >= 15 is 0 Å². The Balaban J connectivity index is 1.14. The number of aromatic nitrogens is 1. The first-order valence-electron chi connectivity index (χ1n) is 22.6. The molecule has 0 unspecified atom stereocenters. The predicted octanol–water partition coefficient (Wildman–Crippen LogP) is 16.5. The standard InChI is InChI=1S/C61H39N3O2/c1-3-16-38(17-4-1)63-34-35-64(39-18-5-2-6-19-39)54-37-52-51(36-53(54)63)45-25-12-24-44(50-29-14-27-48-41-21-8-10-32-56(41)66-61(48)50)58(45)57-42(46-30-15-33-62-59(46)52)22-11-23-43(57)49-28-13-26-47-40-20-7-9-31-55(40)65-60(47)49/h1-33,36-37H,34-35H2. The Morgan fingerprint density at radius 2 is 0.742 bits per heavy atom. The average Bonchev–Trinajstić information content (AvgIpc) is 3.97. The van der Waals surface area contributed by atoms with Gasteiger partial charge in [0, 0.05) is 74.5 Å². The first kappa shape index (κ1) is 36.8. The summed E-state index contributed by atoms with van der Waals surface area (Å²) in [5.74, 6) is 0. The maximum absolute atomic E-state index is 6.86. The van der Waals surface area contributed by atoms with Gasteiger partial charge in [-0.1, -0.05) is 152 Å². The minimum Gasteiger partial charge on any atom is -0.455 e. The fraction of sp³-hybridized carbons (Fsp3) is 0.0328. The molecule has 5 nitrogen and oxygen atoms in total. The van der Waals surface area contributed by atoms with Crippen LogP contribution in [0.3, 0.4) is 0 Å². The highest BCUT2D eigenvalue weighted by Crippen LogP contribution is 2.57. The van der Waals surface area contributed by atoms with E-state index in [9.17, 15) is 0 Å². The lowest BCUT2D eigenvalue weighted by atomic mass is 9.76. The van der Waals surface area contributed by atoms with Gasteiger partial charge in [0.15, 0.2) is 0 Å². The zero-order chi connectivity index (χ0) is 43.3. The molecule has 66 heavy (non-hydrogen) atoms. The van der Waals surface area contributed by atoms with E-state index in [0.717, 1.165) is 147 Å². The number of fused-ring (bicyclic) bond motifs is 15. The lowest BCUT2D eigenvalue weighted by Crippen LogP contribution is -2.36. The van der Waals surface area contributed by atoms with Crippen LogP contribution in [0.25, 0.3) is 111 Å². The molecular weight excluding hydrogens is 807 g/mol. The third-order valence-corrected chi connectivity index (χ3v) is 13.8. The molecule has 0 saturated carbocycles. The van der Waals surface area contributed by atoms with Gasteiger partial charge in [0.05, 0.1) is 17.1 Å². The number of hydrogen-bond donors (Lipinski definition) is 0. The van der Waals surface area contributed by atoms with Gasteiger partial charge in [-0.3, -0.25) is 4.98 Å². The van der Waals surface area contributed by atoms with E-state index in [1.807, 2.05) is 18.3 Å². The molecule has 0 N–H and O–H groups in total. The van der Waals surface area contributed by atoms with E-state index in [-0.39, 0.29) is 0 Å². The summed E-state index contributed by atoms with van der Waals surface area (Å²) < 4.78 is 13.7. The minimum absolute atomic E-state index is 0.814. The van der Waals surface area contributed by atoms with Crippen molar-refractivity contribution in [3.63, 3.8) is 0 Å². The Bertz CT molecular complexity index is 3900. The Morgan fingerprint density at radius 1 is 0.333 bits per heavy atom. The van der Waals surface area contributed by atoms with Gasteiger partial charge in [0.1, 0.15) is 22.3 Å². The topological polar surface area (TPSA) is 45.7 Å². The monoisotopic (exact) mass is 845 g/mol. The van der Waals surface area contributed by atoms with Crippen molar-refractivity contribution < 1.29 is 8.83 Å². The molecule has 0 spiro atoms. The van der Waals surface area contributed by atoms with Crippen LogP contribution in [0, 0.1) is 0 Å². The Labute approximate surface area is 381 Å². The van der Waals surface area contributed by atoms with Crippen molar-refractivity contribution in [1.29, 1.82) is 0 Å². The molecule has 1 aliphatic heterocycles. The van der Waals surface area contributed by atoms with Crippen LogP contribution in [-0.2, 0) is 0 Å². The fourth-order valence-corrected chi connectivity index (χ4v) is 10.9. The second-order valence-electron chi connectivity index (χ2n) is 17.3. The summed E-state index contributed by atoms with van der Waals surface area (Å²) in [4.78, 5) is 10.3. The van der Waals surface area contributed by atoms with E-state index in [1.54, 1.807) is 0 Å². The Kier molecular flexibility index (Phi) is 8.04. The molecule has 14 rings (SSSR count). The van der Waals surface area contributed by atoms with Crippen molar-refractivity contribution in [2.24, 2.45) is 0 Å². The first-order valence-corrected chi connectivity index (χ1v) is 22.6. The van der Waals surface area contributed by atoms with Crippen molar-refractivity contribution in [3.05, 3.63) is 212 Å². The maximum Gasteiger partial charge on any atom is 0.143 e. The largest absolute Gasteiger partial charge is 0.455 e. The minimum atomic E-state index is 0.814. The third kappa shape index (κ3) is 5.44. The summed E-state index contributed by atoms with van der Waals surface area (Å²) in [6, 6.07) is 74.1. The van der Waals surface area contributed by atoms with Crippen molar-refractivity contribution in [3.8, 4) is 66.9 Å². The van der Waals surface area contributed by atoms with Crippen LogP contribution in [0.15, 0.2) is 221 Å². The highest BCUT2D eigenvalue weighted by Gasteiger charge is 2.33. The molecule has 0 radical (unpaired) electrons. The number of para-hydroxylation sites is 6. The van der Waals surface area contributed by atoms with Crippen LogP contribution >= 0.6 is 0 Å². The number of furan rings is 2. The highest BCUT2D eigenvalue weighted by atomic mass is 16.3. The number of hydrogen-bond acceptors (Lipinski definition) is 5. The summed E-state index contributed by atoms with van der Waals surface area (Å²) in [5.41, 5.74) is 21.0. The van der Waals surface area contributed by atoms with E-state index in [4.69, 9.17) is 13.8 Å². The predicted molar refractivity (Wildman–Crippen MR) is 272 cm³/mol. The molecule has 12 aromatic rings. The van der Waals surface area contributed by atoms with Crippen LogP contribution < -0.4 is 9.80 Å². The molecule has 4 heterocycles. The molecule has 5 heteroatoms. The van der Waals surface area contributed by atoms with Gasteiger partial charge in [0.2, 0.25) is 0 Å². The van der Waals surface area contributed by atoms with Gasteiger partial charge in [0.25, 0.3) is 0 Å². The van der Waals surface area contributed by atoms with Crippen molar-refractivity contribution >= 4 is 66.6 Å². The summed E-state index contributed by atoms with van der Waals surface area (Å²) >= 11 is 0. The van der Waals surface area contributed by atoms with Crippen LogP contribution in [0.5, 0.6) is 0 Å². The summed E-state index contributed by atoms with van der Waals surface area (Å²) in [6.07, 6.45) is 1.94. The number of nitrogens with zero attached hydrogens (tertiary/aromatic N) is 3. The van der Waals surface area contributed by atoms with Gasteiger partial charge in [-0.15, -0.1) is 0 Å². The summed E-state index contributed by atoms with van der Waals surface area (Å²) in [5, 5.41) is 4.39. The second kappa shape index (κ2) is 14.4. The van der Waals surface area contributed by atoms with Gasteiger partial charge in [-0.25, -0.2) is 0 Å². The molecular formula is C61H39N3O2. The summed E-state index contributed by atoms with van der Waals surface area (Å²) in [6.45, 7) is 1.64. The van der Waals surface area contributed by atoms with Crippen molar-refractivity contribution in [2.75, 3.05) is 22.9 Å². The smallest absolute Gasteiger partial charge is 0.143 e. The number of rotatable bonds is 4. The Morgan fingerprint density at radius 3 is 1.29 bits per heavy atom. The average molecular weight is 846 g/mol. The first-order chi connectivity index (χ1) is 32.8. The van der Waals surface area contributed by atoms with Crippen molar-refractivity contribution in [2.45, 2.75) is 0 Å². The molecule has 0 atom stereocenters. The molecule has 9 aromatic carbocycles. The zero-order valence-corrected chi connectivity index (χ0v) is 35.8. The van der Waals surface area contributed by atoms with E-state index in [1.165, 1.54) is 0 Å². The molecule has 2 aliphatic rings. The van der Waals surface area contributed by atoms with Crippen LogP contribution in [0.1, 0.15) is 0 Å². The normalized spacial score (nSPS) is 13.0. The molecule has 1 aliphatic carbocycles. The summed E-state index contributed by atoms with van der Waals surface area (Å²) in [7, 11) is 0. The van der Waals surface area contributed by atoms with Gasteiger partial charge >= 0.3 is 0 Å². The van der Waals surface area contributed by atoms with Gasteiger partial charge < -0.3 is 18.6 Å². The molecule has 0 amide bonds. The zero-order valence-electron chi connectivity index (χ0n) is 35.8.